The summed E-state index contributed by atoms with van der Waals surface area (Å²) in [4.78, 5) is 2.58. The van der Waals surface area contributed by atoms with Gasteiger partial charge in [0.05, 0.1) is 0 Å². The van der Waals surface area contributed by atoms with Crippen molar-refractivity contribution >= 4 is 15.9 Å². The Bertz CT molecular complexity index is 392. The first-order valence-electron chi connectivity index (χ1n) is 6.87. The maximum absolute atomic E-state index is 6.16. The van der Waals surface area contributed by atoms with Crippen molar-refractivity contribution in [2.45, 2.75) is 51.2 Å². The maximum Gasteiger partial charge on any atom is 0.0334 e. The van der Waals surface area contributed by atoms with Gasteiger partial charge in [-0.15, -0.1) is 0 Å². The SMILES string of the molecule is CC(N)C1CCCCN1C(C)c1ccccc1Br. The van der Waals surface area contributed by atoms with Crippen molar-refractivity contribution in [1.29, 1.82) is 0 Å². The first kappa shape index (κ1) is 14.0. The summed E-state index contributed by atoms with van der Waals surface area (Å²) in [5, 5.41) is 0. The normalized spacial score (nSPS) is 24.8. The van der Waals surface area contributed by atoms with E-state index in [0.29, 0.717) is 12.1 Å². The summed E-state index contributed by atoms with van der Waals surface area (Å²) in [7, 11) is 0. The molecular formula is C15H23BrN2. The highest BCUT2D eigenvalue weighted by molar-refractivity contribution is 9.10. The number of piperidine rings is 1. The van der Waals surface area contributed by atoms with Gasteiger partial charge in [0.25, 0.3) is 0 Å². The third-order valence-corrected chi connectivity index (χ3v) is 4.77. The molecule has 0 aliphatic carbocycles. The van der Waals surface area contributed by atoms with E-state index in [0.717, 1.165) is 6.54 Å². The molecule has 1 saturated heterocycles. The second-order valence-corrected chi connectivity index (χ2v) is 6.21. The van der Waals surface area contributed by atoms with Crippen molar-refractivity contribution in [1.82, 2.24) is 4.90 Å². The lowest BCUT2D eigenvalue weighted by Crippen LogP contribution is -2.49. The van der Waals surface area contributed by atoms with E-state index in [1.807, 2.05) is 0 Å². The van der Waals surface area contributed by atoms with E-state index in [9.17, 15) is 0 Å². The van der Waals surface area contributed by atoms with Crippen LogP contribution in [0.15, 0.2) is 28.7 Å². The van der Waals surface area contributed by atoms with Crippen molar-refractivity contribution < 1.29 is 0 Å². The van der Waals surface area contributed by atoms with Crippen LogP contribution < -0.4 is 5.73 Å². The number of likely N-dealkylation sites (tertiary alicyclic amines) is 1. The van der Waals surface area contributed by atoms with Gasteiger partial charge in [-0.3, -0.25) is 4.90 Å². The fourth-order valence-corrected chi connectivity index (χ4v) is 3.63. The Balaban J connectivity index is 2.21. The Morgan fingerprint density at radius 2 is 2.00 bits per heavy atom. The van der Waals surface area contributed by atoms with Crippen LogP contribution in [-0.2, 0) is 0 Å². The van der Waals surface area contributed by atoms with Crippen molar-refractivity contribution in [3.63, 3.8) is 0 Å². The molecule has 0 bridgehead atoms. The molecule has 18 heavy (non-hydrogen) atoms. The van der Waals surface area contributed by atoms with E-state index in [1.54, 1.807) is 0 Å². The number of rotatable bonds is 3. The van der Waals surface area contributed by atoms with Gasteiger partial charge in [-0.1, -0.05) is 40.5 Å². The molecule has 3 unspecified atom stereocenters. The van der Waals surface area contributed by atoms with Crippen molar-refractivity contribution in [3.05, 3.63) is 34.3 Å². The van der Waals surface area contributed by atoms with Crippen LogP contribution in [0.1, 0.15) is 44.7 Å². The summed E-state index contributed by atoms with van der Waals surface area (Å²) in [6.45, 7) is 5.59. The number of nitrogens with zero attached hydrogens (tertiary/aromatic N) is 1. The Hall–Kier alpha value is -0.380. The Morgan fingerprint density at radius 3 is 2.67 bits per heavy atom. The van der Waals surface area contributed by atoms with E-state index in [-0.39, 0.29) is 6.04 Å². The molecule has 2 N–H and O–H groups in total. The summed E-state index contributed by atoms with van der Waals surface area (Å²) in [6, 6.07) is 9.70. The molecule has 1 heterocycles. The van der Waals surface area contributed by atoms with Gasteiger partial charge in [-0.05, 0) is 44.9 Å². The molecule has 0 spiro atoms. The van der Waals surface area contributed by atoms with Gasteiger partial charge in [0.15, 0.2) is 0 Å². The molecule has 1 aromatic rings. The standard InChI is InChI=1S/C15H23BrN2/c1-11(17)15-9-5-6-10-18(15)12(2)13-7-3-4-8-14(13)16/h3-4,7-8,11-12,15H,5-6,9-10,17H2,1-2H3. The van der Waals surface area contributed by atoms with Crippen molar-refractivity contribution in [3.8, 4) is 0 Å². The van der Waals surface area contributed by atoms with E-state index in [1.165, 1.54) is 29.3 Å². The van der Waals surface area contributed by atoms with Gasteiger partial charge in [0, 0.05) is 22.6 Å². The zero-order valence-electron chi connectivity index (χ0n) is 11.3. The molecule has 2 rings (SSSR count). The van der Waals surface area contributed by atoms with Crippen LogP contribution in [0, 0.1) is 0 Å². The topological polar surface area (TPSA) is 29.3 Å². The molecular weight excluding hydrogens is 288 g/mol. The van der Waals surface area contributed by atoms with Crippen LogP contribution in [0.3, 0.4) is 0 Å². The van der Waals surface area contributed by atoms with Crippen LogP contribution >= 0.6 is 15.9 Å². The van der Waals surface area contributed by atoms with Crippen LogP contribution in [0.4, 0.5) is 0 Å². The highest BCUT2D eigenvalue weighted by Crippen LogP contribution is 2.32. The highest BCUT2D eigenvalue weighted by Gasteiger charge is 2.30. The number of hydrogen-bond acceptors (Lipinski definition) is 2. The van der Waals surface area contributed by atoms with E-state index < -0.39 is 0 Å². The maximum atomic E-state index is 6.16. The number of benzene rings is 1. The molecule has 2 nitrogen and oxygen atoms in total. The summed E-state index contributed by atoms with van der Waals surface area (Å²) in [5.41, 5.74) is 7.52. The summed E-state index contributed by atoms with van der Waals surface area (Å²) in [6.07, 6.45) is 3.83. The van der Waals surface area contributed by atoms with Crippen molar-refractivity contribution in [2.75, 3.05) is 6.54 Å². The lowest BCUT2D eigenvalue weighted by molar-refractivity contribution is 0.0887. The van der Waals surface area contributed by atoms with Gasteiger partial charge < -0.3 is 5.73 Å². The number of halogens is 1. The fourth-order valence-electron chi connectivity index (χ4n) is 3.02. The minimum atomic E-state index is 0.246. The van der Waals surface area contributed by atoms with E-state index >= 15 is 0 Å². The molecule has 3 atom stereocenters. The van der Waals surface area contributed by atoms with Crippen molar-refractivity contribution in [2.24, 2.45) is 5.73 Å². The van der Waals surface area contributed by atoms with Crippen LogP contribution in [0.25, 0.3) is 0 Å². The van der Waals surface area contributed by atoms with Crippen LogP contribution in [0.2, 0.25) is 0 Å². The molecule has 1 aliphatic rings. The fraction of sp³-hybridized carbons (Fsp3) is 0.600. The number of nitrogens with two attached hydrogens (primary N) is 1. The molecule has 1 aliphatic heterocycles. The smallest absolute Gasteiger partial charge is 0.0334 e. The lowest BCUT2D eigenvalue weighted by atomic mass is 9.93. The average molecular weight is 311 g/mol. The largest absolute Gasteiger partial charge is 0.327 e. The predicted octanol–water partition coefficient (Wildman–Crippen LogP) is 3.71. The summed E-state index contributed by atoms with van der Waals surface area (Å²) >= 11 is 3.66. The first-order valence-corrected chi connectivity index (χ1v) is 7.66. The highest BCUT2D eigenvalue weighted by atomic mass is 79.9. The van der Waals surface area contributed by atoms with Gasteiger partial charge >= 0.3 is 0 Å². The van der Waals surface area contributed by atoms with Gasteiger partial charge in [-0.25, -0.2) is 0 Å². The summed E-state index contributed by atoms with van der Waals surface area (Å²) < 4.78 is 1.20. The minimum absolute atomic E-state index is 0.246. The first-order chi connectivity index (χ1) is 8.61. The molecule has 0 amide bonds. The molecule has 0 radical (unpaired) electrons. The molecule has 1 fully saturated rings. The zero-order chi connectivity index (χ0) is 13.1. The molecule has 100 valence electrons. The second kappa shape index (κ2) is 6.18. The van der Waals surface area contributed by atoms with Gasteiger partial charge in [0.1, 0.15) is 0 Å². The van der Waals surface area contributed by atoms with Gasteiger partial charge in [-0.2, -0.15) is 0 Å². The third kappa shape index (κ3) is 2.95. The second-order valence-electron chi connectivity index (χ2n) is 5.36. The van der Waals surface area contributed by atoms with E-state index in [4.69, 9.17) is 5.73 Å². The quantitative estimate of drug-likeness (QED) is 0.922. The Labute approximate surface area is 119 Å². The zero-order valence-corrected chi connectivity index (χ0v) is 12.9. The van der Waals surface area contributed by atoms with Gasteiger partial charge in [0.2, 0.25) is 0 Å². The molecule has 3 heteroatoms. The van der Waals surface area contributed by atoms with Crippen LogP contribution in [0.5, 0.6) is 0 Å². The Morgan fingerprint density at radius 1 is 1.28 bits per heavy atom. The predicted molar refractivity (Wildman–Crippen MR) is 80.6 cm³/mol. The molecule has 1 aromatic carbocycles. The monoisotopic (exact) mass is 310 g/mol. The third-order valence-electron chi connectivity index (χ3n) is 4.05. The van der Waals surface area contributed by atoms with E-state index in [2.05, 4.69) is 58.9 Å². The molecule has 0 saturated carbocycles. The molecule has 0 aromatic heterocycles. The number of hydrogen-bond donors (Lipinski definition) is 1. The van der Waals surface area contributed by atoms with Crippen LogP contribution in [-0.4, -0.2) is 23.5 Å². The minimum Gasteiger partial charge on any atom is -0.327 e. The Kier molecular flexibility index (Phi) is 4.82. The summed E-state index contributed by atoms with van der Waals surface area (Å²) in [5.74, 6) is 0. The lowest BCUT2D eigenvalue weighted by Gasteiger charge is -2.42. The average Bonchev–Trinajstić information content (AvgIpc) is 2.38.